The van der Waals surface area contributed by atoms with Crippen molar-refractivity contribution in [2.75, 3.05) is 24.5 Å². The fourth-order valence-electron chi connectivity index (χ4n) is 3.30. The SMILES string of the molecule is O=C(NCc1ccco1)c1cc(N2CCN[C@H](c3ccccc3)C2)ccn1. The number of nitrogens with one attached hydrogen (secondary N) is 2. The van der Waals surface area contributed by atoms with Crippen molar-refractivity contribution in [1.29, 1.82) is 0 Å². The van der Waals surface area contributed by atoms with Gasteiger partial charge in [-0.15, -0.1) is 0 Å². The van der Waals surface area contributed by atoms with Crippen molar-refractivity contribution in [1.82, 2.24) is 15.6 Å². The molecule has 1 amide bonds. The highest BCUT2D eigenvalue weighted by atomic mass is 16.3. The van der Waals surface area contributed by atoms with Gasteiger partial charge in [-0.1, -0.05) is 30.3 Å². The Bertz CT molecular complexity index is 880. The minimum absolute atomic E-state index is 0.206. The van der Waals surface area contributed by atoms with Crippen LogP contribution in [0.2, 0.25) is 0 Å². The Kier molecular flexibility index (Phi) is 5.16. The molecule has 138 valence electrons. The van der Waals surface area contributed by atoms with Gasteiger partial charge in [0, 0.05) is 37.6 Å². The van der Waals surface area contributed by atoms with Crippen molar-refractivity contribution < 1.29 is 9.21 Å². The van der Waals surface area contributed by atoms with Crippen molar-refractivity contribution in [2.45, 2.75) is 12.6 Å². The third-order valence-electron chi connectivity index (χ3n) is 4.72. The van der Waals surface area contributed by atoms with Crippen LogP contribution in [0.1, 0.15) is 27.9 Å². The summed E-state index contributed by atoms with van der Waals surface area (Å²) in [6.45, 7) is 2.98. The molecule has 1 aliphatic heterocycles. The molecule has 1 fully saturated rings. The molecular weight excluding hydrogens is 340 g/mol. The second-order valence-corrected chi connectivity index (χ2v) is 6.52. The molecular formula is C21H22N4O2. The van der Waals surface area contributed by atoms with E-state index >= 15 is 0 Å². The van der Waals surface area contributed by atoms with Crippen LogP contribution in [0.25, 0.3) is 0 Å². The number of carbonyl (C=O) groups excluding carboxylic acids is 1. The molecule has 2 N–H and O–H groups in total. The van der Waals surface area contributed by atoms with Crippen LogP contribution in [0.15, 0.2) is 71.5 Å². The molecule has 0 bridgehead atoms. The molecule has 1 saturated heterocycles. The van der Waals surface area contributed by atoms with Crippen LogP contribution in [0.3, 0.4) is 0 Å². The Morgan fingerprint density at radius 2 is 2.11 bits per heavy atom. The predicted octanol–water partition coefficient (Wildman–Crippen LogP) is 2.76. The van der Waals surface area contributed by atoms with Crippen molar-refractivity contribution >= 4 is 11.6 Å². The van der Waals surface area contributed by atoms with Crippen molar-refractivity contribution in [3.63, 3.8) is 0 Å². The Morgan fingerprint density at radius 1 is 1.22 bits per heavy atom. The Labute approximate surface area is 158 Å². The number of pyridine rings is 1. The number of piperazine rings is 1. The monoisotopic (exact) mass is 362 g/mol. The van der Waals surface area contributed by atoms with E-state index in [9.17, 15) is 4.79 Å². The average Bonchev–Trinajstić information content (AvgIpc) is 3.26. The molecule has 0 saturated carbocycles. The first kappa shape index (κ1) is 17.3. The van der Waals surface area contributed by atoms with Crippen LogP contribution in [0.5, 0.6) is 0 Å². The molecule has 1 aliphatic rings. The summed E-state index contributed by atoms with van der Waals surface area (Å²) in [5, 5.41) is 6.40. The lowest BCUT2D eigenvalue weighted by Crippen LogP contribution is -2.46. The standard InChI is InChI=1S/C21H22N4O2/c26-21(24-14-18-7-4-12-27-18)19-13-17(8-9-22-19)25-11-10-23-20(15-25)16-5-2-1-3-6-16/h1-9,12-13,20,23H,10-11,14-15H2,(H,24,26)/t20-/m0/s1. The molecule has 0 aliphatic carbocycles. The normalized spacial score (nSPS) is 16.9. The van der Waals surface area contributed by atoms with Gasteiger partial charge in [-0.25, -0.2) is 0 Å². The largest absolute Gasteiger partial charge is 0.467 e. The third-order valence-corrected chi connectivity index (χ3v) is 4.72. The summed E-state index contributed by atoms with van der Waals surface area (Å²) in [6.07, 6.45) is 3.28. The van der Waals surface area contributed by atoms with Gasteiger partial charge in [0.25, 0.3) is 5.91 Å². The lowest BCUT2D eigenvalue weighted by molar-refractivity contribution is 0.0943. The van der Waals surface area contributed by atoms with Crippen LogP contribution in [-0.2, 0) is 6.54 Å². The maximum Gasteiger partial charge on any atom is 0.270 e. The van der Waals surface area contributed by atoms with Crippen molar-refractivity contribution in [2.24, 2.45) is 0 Å². The van der Waals surface area contributed by atoms with E-state index in [0.717, 1.165) is 25.3 Å². The van der Waals surface area contributed by atoms with Gasteiger partial charge >= 0.3 is 0 Å². The Hall–Kier alpha value is -3.12. The van der Waals surface area contributed by atoms with Crippen LogP contribution in [0, 0.1) is 0 Å². The lowest BCUT2D eigenvalue weighted by atomic mass is 10.0. The number of amides is 1. The van der Waals surface area contributed by atoms with Gasteiger partial charge in [0.1, 0.15) is 11.5 Å². The molecule has 27 heavy (non-hydrogen) atoms. The highest BCUT2D eigenvalue weighted by Crippen LogP contribution is 2.22. The van der Waals surface area contributed by atoms with E-state index < -0.39 is 0 Å². The summed E-state index contributed by atoms with van der Waals surface area (Å²) in [6, 6.07) is 18.1. The number of anilines is 1. The van der Waals surface area contributed by atoms with Crippen LogP contribution >= 0.6 is 0 Å². The molecule has 0 radical (unpaired) electrons. The Morgan fingerprint density at radius 3 is 2.93 bits per heavy atom. The predicted molar refractivity (Wildman–Crippen MR) is 104 cm³/mol. The quantitative estimate of drug-likeness (QED) is 0.730. The topological polar surface area (TPSA) is 70.4 Å². The zero-order valence-electron chi connectivity index (χ0n) is 15.0. The molecule has 6 nitrogen and oxygen atoms in total. The van der Waals surface area contributed by atoms with Gasteiger partial charge in [0.2, 0.25) is 0 Å². The highest BCUT2D eigenvalue weighted by Gasteiger charge is 2.21. The maximum absolute atomic E-state index is 12.4. The molecule has 4 rings (SSSR count). The molecule has 1 atom stereocenters. The number of nitrogens with zero attached hydrogens (tertiary/aromatic N) is 2. The van der Waals surface area contributed by atoms with E-state index in [4.69, 9.17) is 4.42 Å². The van der Waals surface area contributed by atoms with Crippen molar-refractivity contribution in [3.8, 4) is 0 Å². The van der Waals surface area contributed by atoms with Gasteiger partial charge in [-0.2, -0.15) is 0 Å². The fraction of sp³-hybridized carbons (Fsp3) is 0.238. The van der Waals surface area contributed by atoms with E-state index in [1.807, 2.05) is 24.3 Å². The third kappa shape index (κ3) is 4.17. The highest BCUT2D eigenvalue weighted by molar-refractivity contribution is 5.93. The van der Waals surface area contributed by atoms with Gasteiger partial charge in [-0.05, 0) is 29.8 Å². The zero-order valence-corrected chi connectivity index (χ0v) is 15.0. The zero-order chi connectivity index (χ0) is 18.5. The minimum Gasteiger partial charge on any atom is -0.467 e. The average molecular weight is 362 g/mol. The van der Waals surface area contributed by atoms with Crippen LogP contribution in [0.4, 0.5) is 5.69 Å². The molecule has 6 heteroatoms. The molecule has 3 aromatic rings. The first-order valence-corrected chi connectivity index (χ1v) is 9.09. The molecule has 3 heterocycles. The smallest absolute Gasteiger partial charge is 0.270 e. The number of rotatable bonds is 5. The first-order chi connectivity index (χ1) is 13.3. The van der Waals surface area contributed by atoms with E-state index in [0.29, 0.717) is 18.0 Å². The molecule has 1 aromatic carbocycles. The van der Waals surface area contributed by atoms with E-state index in [1.54, 1.807) is 18.5 Å². The fourth-order valence-corrected chi connectivity index (χ4v) is 3.30. The van der Waals surface area contributed by atoms with Crippen molar-refractivity contribution in [3.05, 3.63) is 84.1 Å². The van der Waals surface area contributed by atoms with E-state index in [1.165, 1.54) is 5.56 Å². The first-order valence-electron chi connectivity index (χ1n) is 9.09. The lowest BCUT2D eigenvalue weighted by Gasteiger charge is -2.35. The number of hydrogen-bond acceptors (Lipinski definition) is 5. The summed E-state index contributed by atoms with van der Waals surface area (Å²) in [4.78, 5) is 18.9. The van der Waals surface area contributed by atoms with E-state index in [2.05, 4.69) is 44.8 Å². The second-order valence-electron chi connectivity index (χ2n) is 6.52. The number of furan rings is 1. The Balaban J connectivity index is 1.44. The van der Waals surface area contributed by atoms with Gasteiger partial charge in [0.05, 0.1) is 12.8 Å². The van der Waals surface area contributed by atoms with E-state index in [-0.39, 0.29) is 11.9 Å². The molecule has 0 spiro atoms. The summed E-state index contributed by atoms with van der Waals surface area (Å²) in [5.74, 6) is 0.510. The van der Waals surface area contributed by atoms with Crippen LogP contribution in [-0.4, -0.2) is 30.5 Å². The number of hydrogen-bond donors (Lipinski definition) is 2. The van der Waals surface area contributed by atoms with Gasteiger partial charge in [-0.3, -0.25) is 9.78 Å². The summed E-state index contributed by atoms with van der Waals surface area (Å²) < 4.78 is 5.24. The summed E-state index contributed by atoms with van der Waals surface area (Å²) >= 11 is 0. The van der Waals surface area contributed by atoms with Gasteiger partial charge in [0.15, 0.2) is 0 Å². The van der Waals surface area contributed by atoms with Crippen LogP contribution < -0.4 is 15.5 Å². The summed E-state index contributed by atoms with van der Waals surface area (Å²) in [7, 11) is 0. The molecule has 0 unspecified atom stereocenters. The second kappa shape index (κ2) is 8.05. The maximum atomic E-state index is 12.4. The summed E-state index contributed by atoms with van der Waals surface area (Å²) in [5.41, 5.74) is 2.69. The minimum atomic E-state index is -0.206. The molecule has 2 aromatic heterocycles. The number of benzene rings is 1. The van der Waals surface area contributed by atoms with Gasteiger partial charge < -0.3 is 20.0 Å². The number of carbonyl (C=O) groups is 1. The number of aromatic nitrogens is 1.